The number of halogens is 2. The fourth-order valence-electron chi connectivity index (χ4n) is 3.80. The number of amides is 1. The second-order valence-corrected chi connectivity index (χ2v) is 7.79. The first-order chi connectivity index (χ1) is 14.5. The molecule has 30 heavy (non-hydrogen) atoms. The van der Waals surface area contributed by atoms with Gasteiger partial charge in [-0.15, -0.1) is 0 Å². The van der Waals surface area contributed by atoms with Crippen LogP contribution < -0.4 is 5.43 Å². The van der Waals surface area contributed by atoms with E-state index in [0.717, 1.165) is 5.56 Å². The van der Waals surface area contributed by atoms with E-state index in [9.17, 15) is 14.0 Å². The van der Waals surface area contributed by atoms with Crippen LogP contribution in [0.1, 0.15) is 23.0 Å². The fraction of sp³-hybridized carbons (Fsp3) is 0.318. The molecule has 6 nitrogen and oxygen atoms in total. The average Bonchev–Trinajstić information content (AvgIpc) is 2.74. The predicted molar refractivity (Wildman–Crippen MR) is 114 cm³/mol. The molecular weight excluding hydrogens is 407 g/mol. The lowest BCUT2D eigenvalue weighted by Crippen LogP contribution is -2.49. The molecule has 0 bridgehead atoms. The Bertz CT molecular complexity index is 1160. The number of carbonyl (C=O) groups excluding carboxylic acids is 1. The van der Waals surface area contributed by atoms with Gasteiger partial charge < -0.3 is 4.90 Å². The first kappa shape index (κ1) is 20.5. The summed E-state index contributed by atoms with van der Waals surface area (Å²) in [5, 5.41) is 5.17. The van der Waals surface area contributed by atoms with E-state index >= 15 is 0 Å². The van der Waals surface area contributed by atoms with Gasteiger partial charge in [-0.1, -0.05) is 23.7 Å². The molecule has 1 saturated heterocycles. The molecule has 2 heterocycles. The van der Waals surface area contributed by atoms with Crippen molar-refractivity contribution in [3.63, 3.8) is 0 Å². The van der Waals surface area contributed by atoms with E-state index in [1.54, 1.807) is 33.8 Å². The van der Waals surface area contributed by atoms with Crippen molar-refractivity contribution >= 4 is 28.4 Å². The third kappa shape index (κ3) is 4.08. The molecule has 1 aliphatic rings. The van der Waals surface area contributed by atoms with E-state index in [2.05, 4.69) is 10.00 Å². The van der Waals surface area contributed by atoms with Gasteiger partial charge in [0.05, 0.1) is 10.9 Å². The molecule has 4 rings (SSSR count). The molecule has 0 aliphatic carbocycles. The minimum atomic E-state index is -0.399. The van der Waals surface area contributed by atoms with Crippen LogP contribution in [-0.4, -0.2) is 51.7 Å². The van der Waals surface area contributed by atoms with Gasteiger partial charge in [0.2, 0.25) is 5.43 Å². The molecule has 1 aromatic heterocycles. The molecule has 3 aromatic rings. The van der Waals surface area contributed by atoms with Gasteiger partial charge in [-0.25, -0.2) is 4.39 Å². The Morgan fingerprint density at radius 2 is 1.90 bits per heavy atom. The number of nitrogens with zero attached hydrogens (tertiary/aromatic N) is 4. The molecule has 0 N–H and O–H groups in total. The van der Waals surface area contributed by atoms with Crippen molar-refractivity contribution < 1.29 is 9.18 Å². The first-order valence-corrected chi connectivity index (χ1v) is 10.3. The van der Waals surface area contributed by atoms with E-state index in [-0.39, 0.29) is 17.4 Å². The Hall–Kier alpha value is -2.77. The summed E-state index contributed by atoms with van der Waals surface area (Å²) in [7, 11) is 0. The third-order valence-corrected chi connectivity index (χ3v) is 5.61. The van der Waals surface area contributed by atoms with Crippen LogP contribution in [0.25, 0.3) is 10.9 Å². The summed E-state index contributed by atoms with van der Waals surface area (Å²) in [6.45, 7) is 5.30. The third-order valence-electron chi connectivity index (χ3n) is 5.37. The van der Waals surface area contributed by atoms with Gasteiger partial charge in [-0.2, -0.15) is 5.10 Å². The highest BCUT2D eigenvalue weighted by atomic mass is 35.5. The van der Waals surface area contributed by atoms with Crippen molar-refractivity contribution in [3.8, 4) is 0 Å². The van der Waals surface area contributed by atoms with E-state index in [1.165, 1.54) is 12.1 Å². The lowest BCUT2D eigenvalue weighted by atomic mass is 10.1. The lowest BCUT2D eigenvalue weighted by molar-refractivity contribution is 0.0619. The van der Waals surface area contributed by atoms with Crippen LogP contribution in [0.15, 0.2) is 47.3 Å². The number of piperazine rings is 1. The molecule has 156 valence electrons. The molecular formula is C22H22ClFN4O2. The van der Waals surface area contributed by atoms with Gasteiger partial charge >= 0.3 is 0 Å². The molecule has 2 aromatic carbocycles. The number of aromatic nitrogens is 2. The summed E-state index contributed by atoms with van der Waals surface area (Å²) < 4.78 is 15.0. The normalized spacial score (nSPS) is 15.0. The minimum absolute atomic E-state index is 0.0785. The van der Waals surface area contributed by atoms with Crippen LogP contribution in [0.5, 0.6) is 0 Å². The SMILES string of the molecule is CCn1nc(C(=O)N2CCN(Cc3cccc(F)c3)CC2)c(=O)c2cc(Cl)ccc21. The van der Waals surface area contributed by atoms with E-state index in [1.807, 2.05) is 13.0 Å². The summed E-state index contributed by atoms with van der Waals surface area (Å²) in [5.74, 6) is -0.620. The monoisotopic (exact) mass is 428 g/mol. The molecule has 1 aliphatic heterocycles. The minimum Gasteiger partial charge on any atom is -0.335 e. The van der Waals surface area contributed by atoms with E-state index in [0.29, 0.717) is 55.2 Å². The van der Waals surface area contributed by atoms with Crippen LogP contribution in [0.3, 0.4) is 0 Å². The summed E-state index contributed by atoms with van der Waals surface area (Å²) in [6.07, 6.45) is 0. The second-order valence-electron chi connectivity index (χ2n) is 7.35. The number of benzene rings is 2. The Morgan fingerprint density at radius 1 is 1.13 bits per heavy atom. The van der Waals surface area contributed by atoms with Gasteiger partial charge in [0, 0.05) is 44.3 Å². The van der Waals surface area contributed by atoms with E-state index < -0.39 is 5.43 Å². The highest BCUT2D eigenvalue weighted by molar-refractivity contribution is 6.31. The van der Waals surface area contributed by atoms with Crippen LogP contribution in [-0.2, 0) is 13.1 Å². The predicted octanol–water partition coefficient (Wildman–Crippen LogP) is 3.17. The zero-order chi connectivity index (χ0) is 21.3. The van der Waals surface area contributed by atoms with Crippen LogP contribution in [0.4, 0.5) is 4.39 Å². The maximum atomic E-state index is 13.4. The largest absolute Gasteiger partial charge is 0.335 e. The first-order valence-electron chi connectivity index (χ1n) is 9.92. The Labute approximate surface area is 178 Å². The smallest absolute Gasteiger partial charge is 0.278 e. The highest BCUT2D eigenvalue weighted by Crippen LogP contribution is 2.17. The summed E-state index contributed by atoms with van der Waals surface area (Å²) in [6, 6.07) is 11.6. The maximum Gasteiger partial charge on any atom is 0.278 e. The van der Waals surface area contributed by atoms with Crippen LogP contribution in [0.2, 0.25) is 5.02 Å². The Balaban J connectivity index is 1.52. The zero-order valence-corrected chi connectivity index (χ0v) is 17.4. The number of carbonyl (C=O) groups is 1. The number of aryl methyl sites for hydroxylation is 1. The molecule has 1 amide bonds. The molecule has 0 saturated carbocycles. The summed E-state index contributed by atoms with van der Waals surface area (Å²) in [4.78, 5) is 29.8. The van der Waals surface area contributed by atoms with Crippen molar-refractivity contribution in [2.75, 3.05) is 26.2 Å². The fourth-order valence-corrected chi connectivity index (χ4v) is 3.97. The number of rotatable bonds is 4. The van der Waals surface area contributed by atoms with Crippen LogP contribution in [0, 0.1) is 5.82 Å². The van der Waals surface area contributed by atoms with Gasteiger partial charge in [0.15, 0.2) is 5.69 Å². The number of hydrogen-bond donors (Lipinski definition) is 0. The van der Waals surface area contributed by atoms with Gasteiger partial charge in [0.25, 0.3) is 5.91 Å². The average molecular weight is 429 g/mol. The molecule has 8 heteroatoms. The van der Waals surface area contributed by atoms with Crippen LogP contribution >= 0.6 is 11.6 Å². The maximum absolute atomic E-state index is 13.4. The van der Waals surface area contributed by atoms with Crippen molar-refractivity contribution in [2.24, 2.45) is 0 Å². The number of hydrogen-bond acceptors (Lipinski definition) is 4. The van der Waals surface area contributed by atoms with Gasteiger partial charge in [-0.05, 0) is 42.8 Å². The molecule has 0 spiro atoms. The van der Waals surface area contributed by atoms with Crippen molar-refractivity contribution in [2.45, 2.75) is 20.0 Å². The molecule has 0 unspecified atom stereocenters. The summed E-state index contributed by atoms with van der Waals surface area (Å²) in [5.41, 5.74) is 1.08. The molecule has 0 radical (unpaired) electrons. The topological polar surface area (TPSA) is 58.4 Å². The lowest BCUT2D eigenvalue weighted by Gasteiger charge is -2.34. The molecule has 0 atom stereocenters. The highest BCUT2D eigenvalue weighted by Gasteiger charge is 2.26. The Morgan fingerprint density at radius 3 is 2.60 bits per heavy atom. The van der Waals surface area contributed by atoms with E-state index in [4.69, 9.17) is 11.6 Å². The second kappa shape index (κ2) is 8.53. The Kier molecular flexibility index (Phi) is 5.83. The number of fused-ring (bicyclic) bond motifs is 1. The van der Waals surface area contributed by atoms with Crippen molar-refractivity contribution in [3.05, 3.63) is 74.8 Å². The van der Waals surface area contributed by atoms with Crippen molar-refractivity contribution in [1.82, 2.24) is 19.6 Å². The zero-order valence-electron chi connectivity index (χ0n) is 16.6. The van der Waals surface area contributed by atoms with Crippen molar-refractivity contribution in [1.29, 1.82) is 0 Å². The van der Waals surface area contributed by atoms with Gasteiger partial charge in [-0.3, -0.25) is 19.2 Å². The standard InChI is InChI=1S/C22H22ClFN4O2/c1-2-28-19-7-6-16(23)13-18(19)21(29)20(25-28)22(30)27-10-8-26(9-11-27)14-15-4-3-5-17(24)12-15/h3-7,12-13H,2,8-11,14H2,1H3. The summed E-state index contributed by atoms with van der Waals surface area (Å²) >= 11 is 6.07. The molecule has 1 fully saturated rings. The quantitative estimate of drug-likeness (QED) is 0.640. The van der Waals surface area contributed by atoms with Gasteiger partial charge in [0.1, 0.15) is 5.82 Å².